The van der Waals surface area contributed by atoms with Crippen LogP contribution in [-0.2, 0) is 9.59 Å². The van der Waals surface area contributed by atoms with Crippen LogP contribution in [0.15, 0.2) is 59.1 Å². The second kappa shape index (κ2) is 10.9. The zero-order valence-electron chi connectivity index (χ0n) is 16.6. The van der Waals surface area contributed by atoms with Crippen LogP contribution in [0.1, 0.15) is 23.2 Å². The fraction of sp³-hybridized carbons (Fsp3) is 0.318. The Labute approximate surface area is 184 Å². The molecule has 7 nitrogen and oxygen atoms in total. The number of piperidine rings is 1. The third kappa shape index (κ3) is 6.67. The summed E-state index contributed by atoms with van der Waals surface area (Å²) >= 11 is 3.33. The Morgan fingerprint density at radius 2 is 1.60 bits per heavy atom. The fourth-order valence-corrected chi connectivity index (χ4v) is 3.81. The first-order valence-electron chi connectivity index (χ1n) is 9.90. The first kappa shape index (κ1) is 22.0. The van der Waals surface area contributed by atoms with Crippen LogP contribution in [0.3, 0.4) is 0 Å². The molecule has 2 aromatic rings. The number of anilines is 1. The first-order valence-corrected chi connectivity index (χ1v) is 10.7. The minimum absolute atomic E-state index is 0.0431. The number of benzene rings is 2. The maximum Gasteiger partial charge on any atom is 0.252 e. The molecule has 0 aromatic heterocycles. The van der Waals surface area contributed by atoms with Gasteiger partial charge in [-0.05, 0) is 53.0 Å². The van der Waals surface area contributed by atoms with Gasteiger partial charge in [-0.3, -0.25) is 19.3 Å². The lowest BCUT2D eigenvalue weighted by atomic mass is 10.0. The smallest absolute Gasteiger partial charge is 0.252 e. The molecule has 3 rings (SSSR count). The molecule has 3 amide bonds. The molecule has 0 bridgehead atoms. The molecule has 1 fully saturated rings. The molecule has 0 unspecified atom stereocenters. The molecular formula is C22H25BrN4O3. The van der Waals surface area contributed by atoms with Crippen molar-refractivity contribution in [2.45, 2.75) is 18.9 Å². The second-order valence-electron chi connectivity index (χ2n) is 7.19. The number of nitrogens with one attached hydrogen (secondary N) is 3. The Morgan fingerprint density at radius 1 is 0.933 bits per heavy atom. The van der Waals surface area contributed by atoms with Crippen molar-refractivity contribution in [3.05, 3.63) is 64.6 Å². The summed E-state index contributed by atoms with van der Waals surface area (Å²) in [6.45, 7) is 1.73. The van der Waals surface area contributed by atoms with Gasteiger partial charge in [0.1, 0.15) is 0 Å². The molecule has 8 heteroatoms. The van der Waals surface area contributed by atoms with Crippen molar-refractivity contribution in [1.29, 1.82) is 0 Å². The quantitative estimate of drug-likeness (QED) is 0.576. The van der Waals surface area contributed by atoms with Gasteiger partial charge in [0.2, 0.25) is 11.8 Å². The van der Waals surface area contributed by atoms with Crippen molar-refractivity contribution < 1.29 is 14.4 Å². The normalized spacial score (nSPS) is 14.7. The van der Waals surface area contributed by atoms with E-state index < -0.39 is 0 Å². The van der Waals surface area contributed by atoms with Gasteiger partial charge in [-0.25, -0.2) is 0 Å². The van der Waals surface area contributed by atoms with Gasteiger partial charge < -0.3 is 16.0 Å². The zero-order valence-corrected chi connectivity index (χ0v) is 18.2. The van der Waals surface area contributed by atoms with E-state index in [2.05, 4.69) is 36.8 Å². The highest BCUT2D eigenvalue weighted by atomic mass is 79.9. The van der Waals surface area contributed by atoms with Crippen LogP contribution in [0, 0.1) is 0 Å². The standard InChI is InChI=1S/C22H25BrN4O3/c23-19-9-5-4-8-18(19)22(30)24-14-20(28)25-17-10-12-27(13-11-17)15-21(29)26-16-6-2-1-3-7-16/h1-9,17H,10-15H2,(H,24,30)(H,25,28)(H,26,29). The summed E-state index contributed by atoms with van der Waals surface area (Å²) in [4.78, 5) is 38.6. The molecule has 2 aromatic carbocycles. The Balaban J connectivity index is 1.35. The van der Waals surface area contributed by atoms with E-state index in [0.717, 1.165) is 31.6 Å². The lowest BCUT2D eigenvalue weighted by Gasteiger charge is -2.31. The van der Waals surface area contributed by atoms with Crippen LogP contribution in [-0.4, -0.2) is 54.8 Å². The van der Waals surface area contributed by atoms with Crippen molar-refractivity contribution >= 4 is 39.3 Å². The number of likely N-dealkylation sites (tertiary alicyclic amines) is 1. The van der Waals surface area contributed by atoms with Gasteiger partial charge in [-0.1, -0.05) is 30.3 Å². The van der Waals surface area contributed by atoms with E-state index in [0.29, 0.717) is 16.6 Å². The van der Waals surface area contributed by atoms with Crippen LogP contribution in [0.25, 0.3) is 0 Å². The molecule has 0 saturated carbocycles. The highest BCUT2D eigenvalue weighted by Gasteiger charge is 2.22. The van der Waals surface area contributed by atoms with Gasteiger partial charge in [-0.2, -0.15) is 0 Å². The fourth-order valence-electron chi connectivity index (χ4n) is 3.34. The van der Waals surface area contributed by atoms with Crippen molar-refractivity contribution in [1.82, 2.24) is 15.5 Å². The summed E-state index contributed by atoms with van der Waals surface area (Å²) < 4.78 is 0.687. The van der Waals surface area contributed by atoms with Gasteiger partial charge in [-0.15, -0.1) is 0 Å². The number of hydrogen-bond donors (Lipinski definition) is 3. The van der Waals surface area contributed by atoms with Gasteiger partial charge in [0.05, 0.1) is 18.7 Å². The number of para-hydroxylation sites is 1. The zero-order chi connectivity index (χ0) is 21.3. The number of carbonyl (C=O) groups excluding carboxylic acids is 3. The van der Waals surface area contributed by atoms with Gasteiger partial charge in [0.15, 0.2) is 0 Å². The highest BCUT2D eigenvalue weighted by molar-refractivity contribution is 9.10. The molecule has 1 saturated heterocycles. The number of carbonyl (C=O) groups is 3. The average Bonchev–Trinajstić information content (AvgIpc) is 2.74. The molecular weight excluding hydrogens is 448 g/mol. The molecule has 0 atom stereocenters. The Hall–Kier alpha value is -2.71. The third-order valence-corrected chi connectivity index (χ3v) is 5.60. The van der Waals surface area contributed by atoms with Gasteiger partial charge in [0.25, 0.3) is 5.91 Å². The van der Waals surface area contributed by atoms with E-state index in [1.54, 1.807) is 18.2 Å². The van der Waals surface area contributed by atoms with Crippen molar-refractivity contribution in [3.63, 3.8) is 0 Å². The van der Waals surface area contributed by atoms with Crippen molar-refractivity contribution in [2.75, 3.05) is 31.5 Å². The molecule has 3 N–H and O–H groups in total. The predicted octanol–water partition coefficient (Wildman–Crippen LogP) is 2.40. The summed E-state index contributed by atoms with van der Waals surface area (Å²) in [6.07, 6.45) is 1.53. The summed E-state index contributed by atoms with van der Waals surface area (Å²) in [5, 5.41) is 8.49. The Bertz CT molecular complexity index is 883. The predicted molar refractivity (Wildman–Crippen MR) is 119 cm³/mol. The Kier molecular flexibility index (Phi) is 7.98. The Morgan fingerprint density at radius 3 is 2.30 bits per heavy atom. The second-order valence-corrected chi connectivity index (χ2v) is 8.05. The molecule has 1 aliphatic rings. The third-order valence-electron chi connectivity index (χ3n) is 4.91. The molecule has 0 spiro atoms. The number of hydrogen-bond acceptors (Lipinski definition) is 4. The minimum Gasteiger partial charge on any atom is -0.352 e. The number of rotatable bonds is 7. The molecule has 30 heavy (non-hydrogen) atoms. The number of halogens is 1. The topological polar surface area (TPSA) is 90.5 Å². The summed E-state index contributed by atoms with van der Waals surface area (Å²) in [7, 11) is 0. The van der Waals surface area contributed by atoms with Crippen LogP contribution in [0.4, 0.5) is 5.69 Å². The van der Waals surface area contributed by atoms with Gasteiger partial charge in [0, 0.05) is 29.3 Å². The summed E-state index contributed by atoms with van der Waals surface area (Å²) in [5.74, 6) is -0.550. The van der Waals surface area contributed by atoms with E-state index in [9.17, 15) is 14.4 Å². The van der Waals surface area contributed by atoms with Crippen molar-refractivity contribution in [2.24, 2.45) is 0 Å². The lowest BCUT2D eigenvalue weighted by molar-refractivity contribution is -0.121. The maximum atomic E-state index is 12.2. The van der Waals surface area contributed by atoms with Crippen LogP contribution in [0.2, 0.25) is 0 Å². The minimum atomic E-state index is -0.295. The van der Waals surface area contributed by atoms with E-state index in [1.165, 1.54) is 0 Å². The first-order chi connectivity index (χ1) is 14.5. The van der Waals surface area contributed by atoms with E-state index >= 15 is 0 Å². The van der Waals surface area contributed by atoms with E-state index in [4.69, 9.17) is 0 Å². The van der Waals surface area contributed by atoms with Crippen LogP contribution < -0.4 is 16.0 Å². The van der Waals surface area contributed by atoms with Crippen LogP contribution >= 0.6 is 15.9 Å². The number of amides is 3. The average molecular weight is 473 g/mol. The highest BCUT2D eigenvalue weighted by Crippen LogP contribution is 2.15. The van der Waals surface area contributed by atoms with Crippen molar-refractivity contribution in [3.8, 4) is 0 Å². The number of nitrogens with zero attached hydrogens (tertiary/aromatic N) is 1. The summed E-state index contributed by atoms with van der Waals surface area (Å²) in [5.41, 5.74) is 1.28. The van der Waals surface area contributed by atoms with Crippen LogP contribution in [0.5, 0.6) is 0 Å². The van der Waals surface area contributed by atoms with E-state index in [-0.39, 0.29) is 30.3 Å². The SMILES string of the molecule is O=C(CN1CCC(NC(=O)CNC(=O)c2ccccc2Br)CC1)Nc1ccccc1. The lowest BCUT2D eigenvalue weighted by Crippen LogP contribution is -2.48. The molecule has 1 heterocycles. The van der Waals surface area contributed by atoms with E-state index in [1.807, 2.05) is 36.4 Å². The monoisotopic (exact) mass is 472 g/mol. The summed E-state index contributed by atoms with van der Waals surface area (Å²) in [6, 6.07) is 16.5. The molecule has 158 valence electrons. The van der Waals surface area contributed by atoms with Gasteiger partial charge >= 0.3 is 0 Å². The molecule has 0 aliphatic carbocycles. The largest absolute Gasteiger partial charge is 0.352 e. The molecule has 1 aliphatic heterocycles. The maximum absolute atomic E-state index is 12.2. The molecule has 0 radical (unpaired) electrons.